The van der Waals surface area contributed by atoms with Crippen LogP contribution in [0.15, 0.2) is 59.2 Å². The van der Waals surface area contributed by atoms with Crippen LogP contribution in [0.1, 0.15) is 15.9 Å². The molecule has 0 atom stereocenters. The number of benzene rings is 2. The van der Waals surface area contributed by atoms with Crippen molar-refractivity contribution in [2.45, 2.75) is 6.42 Å². The standard InChI is InChI=1S/C18H14BrNO3/c19-13-7-5-12(6-8-13)9-18(22)23-11-17(21)15-10-20-16-4-2-1-3-14(15)16/h1-8,10,20H,9,11H2. The number of aromatic amines is 1. The van der Waals surface area contributed by atoms with E-state index in [0.29, 0.717) is 5.56 Å². The predicted octanol–water partition coefficient (Wildman–Crippen LogP) is 3.90. The number of ketones is 1. The number of carbonyl (C=O) groups excluding carboxylic acids is 2. The number of halogens is 1. The third-order valence-corrected chi connectivity index (χ3v) is 4.04. The number of hydrogen-bond acceptors (Lipinski definition) is 3. The maximum atomic E-state index is 12.2. The van der Waals surface area contributed by atoms with Crippen molar-refractivity contribution in [3.05, 3.63) is 70.3 Å². The van der Waals surface area contributed by atoms with Crippen molar-refractivity contribution in [1.82, 2.24) is 4.98 Å². The number of para-hydroxylation sites is 1. The first kappa shape index (κ1) is 15.5. The summed E-state index contributed by atoms with van der Waals surface area (Å²) in [6.07, 6.45) is 1.80. The molecule has 0 bridgehead atoms. The zero-order valence-electron chi connectivity index (χ0n) is 12.2. The third kappa shape index (κ3) is 3.68. The van der Waals surface area contributed by atoms with Gasteiger partial charge in [-0.05, 0) is 23.8 Å². The van der Waals surface area contributed by atoms with Crippen LogP contribution >= 0.6 is 15.9 Å². The summed E-state index contributed by atoms with van der Waals surface area (Å²) >= 11 is 3.34. The molecule has 3 rings (SSSR count). The lowest BCUT2D eigenvalue weighted by Crippen LogP contribution is -2.15. The lowest BCUT2D eigenvalue weighted by atomic mass is 10.1. The number of fused-ring (bicyclic) bond motifs is 1. The van der Waals surface area contributed by atoms with E-state index in [1.165, 1.54) is 0 Å². The van der Waals surface area contributed by atoms with Gasteiger partial charge in [0.2, 0.25) is 5.78 Å². The monoisotopic (exact) mass is 371 g/mol. The zero-order chi connectivity index (χ0) is 16.2. The molecule has 1 N–H and O–H groups in total. The first-order valence-electron chi connectivity index (χ1n) is 7.13. The maximum Gasteiger partial charge on any atom is 0.310 e. The number of H-pyrrole nitrogens is 1. The maximum absolute atomic E-state index is 12.2. The Morgan fingerprint density at radius 2 is 1.78 bits per heavy atom. The third-order valence-electron chi connectivity index (χ3n) is 3.52. The van der Waals surface area contributed by atoms with E-state index in [-0.39, 0.29) is 18.8 Å². The molecule has 0 saturated carbocycles. The van der Waals surface area contributed by atoms with Gasteiger partial charge in [0.1, 0.15) is 0 Å². The van der Waals surface area contributed by atoms with Crippen LogP contribution in [0.4, 0.5) is 0 Å². The van der Waals surface area contributed by atoms with E-state index in [9.17, 15) is 9.59 Å². The molecule has 0 amide bonds. The molecule has 0 unspecified atom stereocenters. The molecule has 0 saturated heterocycles. The first-order valence-corrected chi connectivity index (χ1v) is 7.92. The zero-order valence-corrected chi connectivity index (χ0v) is 13.8. The molecule has 0 radical (unpaired) electrons. The molecular weight excluding hydrogens is 358 g/mol. The van der Waals surface area contributed by atoms with Gasteiger partial charge in [-0.1, -0.05) is 46.3 Å². The largest absolute Gasteiger partial charge is 0.457 e. The van der Waals surface area contributed by atoms with E-state index in [0.717, 1.165) is 20.9 Å². The van der Waals surface area contributed by atoms with Gasteiger partial charge < -0.3 is 9.72 Å². The minimum absolute atomic E-state index is 0.147. The number of aromatic nitrogens is 1. The summed E-state index contributed by atoms with van der Waals surface area (Å²) < 4.78 is 6.04. The summed E-state index contributed by atoms with van der Waals surface area (Å²) in [5, 5.41) is 0.835. The van der Waals surface area contributed by atoms with Gasteiger partial charge >= 0.3 is 5.97 Å². The average Bonchev–Trinajstić information content (AvgIpc) is 2.99. The lowest BCUT2D eigenvalue weighted by molar-refractivity contribution is -0.141. The second-order valence-electron chi connectivity index (χ2n) is 5.14. The topological polar surface area (TPSA) is 59.2 Å². The Labute approximate surface area is 141 Å². The summed E-state index contributed by atoms with van der Waals surface area (Å²) in [6.45, 7) is -0.253. The van der Waals surface area contributed by atoms with Crippen LogP contribution in [0, 0.1) is 0 Å². The van der Waals surface area contributed by atoms with Crippen molar-refractivity contribution in [2.75, 3.05) is 6.61 Å². The fourth-order valence-electron chi connectivity index (χ4n) is 2.35. The highest BCUT2D eigenvalue weighted by molar-refractivity contribution is 9.10. The molecule has 2 aromatic carbocycles. The number of hydrogen-bond donors (Lipinski definition) is 1. The van der Waals surface area contributed by atoms with Gasteiger partial charge in [-0.25, -0.2) is 0 Å². The van der Waals surface area contributed by atoms with Crippen LogP contribution in [0.2, 0.25) is 0 Å². The number of rotatable bonds is 5. The van der Waals surface area contributed by atoms with E-state index in [1.807, 2.05) is 48.5 Å². The first-order chi connectivity index (χ1) is 11.1. The molecule has 0 fully saturated rings. The second kappa shape index (κ2) is 6.79. The molecule has 116 valence electrons. The van der Waals surface area contributed by atoms with Crippen LogP contribution in [0.5, 0.6) is 0 Å². The quantitative estimate of drug-likeness (QED) is 0.546. The second-order valence-corrected chi connectivity index (χ2v) is 6.05. The summed E-state index contributed by atoms with van der Waals surface area (Å²) in [7, 11) is 0. The molecule has 23 heavy (non-hydrogen) atoms. The number of Topliss-reactive ketones (excluding diaryl/α,β-unsaturated/α-hetero) is 1. The smallest absolute Gasteiger partial charge is 0.310 e. The molecule has 4 nitrogen and oxygen atoms in total. The van der Waals surface area contributed by atoms with Gasteiger partial charge in [0.15, 0.2) is 6.61 Å². The average molecular weight is 372 g/mol. The van der Waals surface area contributed by atoms with Crippen molar-refractivity contribution >= 4 is 38.6 Å². The van der Waals surface area contributed by atoms with Crippen molar-refractivity contribution < 1.29 is 14.3 Å². The molecule has 3 aromatic rings. The van der Waals surface area contributed by atoms with Crippen molar-refractivity contribution in [2.24, 2.45) is 0 Å². The molecule has 5 heteroatoms. The highest BCUT2D eigenvalue weighted by atomic mass is 79.9. The van der Waals surface area contributed by atoms with Crippen LogP contribution in [-0.2, 0) is 16.0 Å². The Morgan fingerprint density at radius 1 is 1.04 bits per heavy atom. The number of carbonyl (C=O) groups is 2. The van der Waals surface area contributed by atoms with Gasteiger partial charge in [-0.2, -0.15) is 0 Å². The molecule has 0 aliphatic rings. The van der Waals surface area contributed by atoms with E-state index >= 15 is 0 Å². The highest BCUT2D eigenvalue weighted by Gasteiger charge is 2.14. The van der Waals surface area contributed by atoms with Gasteiger partial charge in [0.05, 0.1) is 6.42 Å². The molecule has 0 aliphatic heterocycles. The predicted molar refractivity (Wildman–Crippen MR) is 91.4 cm³/mol. The Bertz CT molecular complexity index is 852. The molecule has 0 spiro atoms. The minimum Gasteiger partial charge on any atom is -0.457 e. The number of nitrogens with one attached hydrogen (secondary N) is 1. The molecule has 1 heterocycles. The number of ether oxygens (including phenoxy) is 1. The van der Waals surface area contributed by atoms with Crippen LogP contribution in [0.3, 0.4) is 0 Å². The molecule has 0 aliphatic carbocycles. The van der Waals surface area contributed by atoms with E-state index in [4.69, 9.17) is 4.74 Å². The Hall–Kier alpha value is -2.40. The van der Waals surface area contributed by atoms with Crippen LogP contribution in [0.25, 0.3) is 10.9 Å². The normalized spacial score (nSPS) is 10.7. The summed E-state index contributed by atoms with van der Waals surface area (Å²) in [5.41, 5.74) is 2.27. The summed E-state index contributed by atoms with van der Waals surface area (Å²) in [5.74, 6) is -0.632. The van der Waals surface area contributed by atoms with Crippen molar-refractivity contribution in [1.29, 1.82) is 0 Å². The summed E-state index contributed by atoms with van der Waals surface area (Å²) in [6, 6.07) is 14.9. The number of esters is 1. The highest BCUT2D eigenvalue weighted by Crippen LogP contribution is 2.18. The van der Waals surface area contributed by atoms with Gasteiger partial charge in [0.25, 0.3) is 0 Å². The fraction of sp³-hybridized carbons (Fsp3) is 0.111. The SMILES string of the molecule is O=C(Cc1ccc(Br)cc1)OCC(=O)c1c[nH]c2ccccc12. The minimum atomic E-state index is -0.416. The van der Waals surface area contributed by atoms with Gasteiger partial charge in [-0.15, -0.1) is 0 Å². The Balaban J connectivity index is 1.60. The fourth-order valence-corrected chi connectivity index (χ4v) is 2.61. The van der Waals surface area contributed by atoms with E-state index < -0.39 is 5.97 Å². The lowest BCUT2D eigenvalue weighted by Gasteiger charge is -2.04. The van der Waals surface area contributed by atoms with E-state index in [2.05, 4.69) is 20.9 Å². The Morgan fingerprint density at radius 3 is 2.57 bits per heavy atom. The van der Waals surface area contributed by atoms with Crippen LogP contribution in [-0.4, -0.2) is 23.3 Å². The van der Waals surface area contributed by atoms with Crippen LogP contribution < -0.4 is 0 Å². The van der Waals surface area contributed by atoms with Gasteiger partial charge in [0, 0.05) is 27.1 Å². The van der Waals surface area contributed by atoms with E-state index in [1.54, 1.807) is 6.20 Å². The van der Waals surface area contributed by atoms with Crippen molar-refractivity contribution in [3.63, 3.8) is 0 Å². The van der Waals surface area contributed by atoms with Gasteiger partial charge in [-0.3, -0.25) is 9.59 Å². The Kier molecular flexibility index (Phi) is 4.57. The summed E-state index contributed by atoms with van der Waals surface area (Å²) in [4.78, 5) is 27.1. The molecule has 1 aromatic heterocycles. The molecular formula is C18H14BrNO3. The van der Waals surface area contributed by atoms with Crippen molar-refractivity contribution in [3.8, 4) is 0 Å².